The molecule has 0 radical (unpaired) electrons. The summed E-state index contributed by atoms with van der Waals surface area (Å²) in [5.74, 6) is 1.21. The van der Waals surface area contributed by atoms with Crippen molar-refractivity contribution in [3.8, 4) is 17.1 Å². The lowest BCUT2D eigenvalue weighted by atomic mass is 10.2. The minimum atomic E-state index is -0.319. The molecule has 0 fully saturated rings. The zero-order valence-electron chi connectivity index (χ0n) is 17.2. The summed E-state index contributed by atoms with van der Waals surface area (Å²) in [6.45, 7) is 0. The molecule has 0 bridgehead atoms. The molecule has 2 N–H and O–H groups in total. The maximum absolute atomic E-state index is 12.3. The van der Waals surface area contributed by atoms with Crippen LogP contribution in [0.3, 0.4) is 0 Å². The second-order valence-corrected chi connectivity index (χ2v) is 7.68. The molecule has 6 nitrogen and oxygen atoms in total. The summed E-state index contributed by atoms with van der Waals surface area (Å²) < 4.78 is 11.1. The summed E-state index contributed by atoms with van der Waals surface area (Å²) in [6, 6.07) is 22.0. The van der Waals surface area contributed by atoms with Crippen LogP contribution in [0.4, 0.5) is 11.4 Å². The van der Waals surface area contributed by atoms with Crippen LogP contribution in [0.25, 0.3) is 17.4 Å². The number of rotatable bonds is 7. The second-order valence-electron chi connectivity index (χ2n) is 6.74. The molecule has 0 atom stereocenters. The van der Waals surface area contributed by atoms with Gasteiger partial charge in [0.25, 0.3) is 5.91 Å². The number of benzene rings is 2. The standard InChI is InChI=1S/C25H20N2O4S/c1-30-22-16-18(9-12-20(22)27-25(29)23-8-5-15-32-23)26-24(28)14-11-19-10-13-21(31-19)17-6-3-2-4-7-17/h2-16H,1H3,(H,26,28)(H,27,29). The predicted molar refractivity (Wildman–Crippen MR) is 127 cm³/mol. The number of hydrogen-bond acceptors (Lipinski definition) is 5. The summed E-state index contributed by atoms with van der Waals surface area (Å²) in [5.41, 5.74) is 2.02. The molecule has 0 spiro atoms. The number of nitrogens with one attached hydrogen (secondary N) is 2. The number of amides is 2. The first-order chi connectivity index (χ1) is 15.6. The summed E-state index contributed by atoms with van der Waals surface area (Å²) in [5, 5.41) is 7.43. The molecular weight excluding hydrogens is 424 g/mol. The van der Waals surface area contributed by atoms with Crippen LogP contribution in [-0.4, -0.2) is 18.9 Å². The maximum atomic E-state index is 12.3. The number of ether oxygens (including phenoxy) is 1. The van der Waals surface area contributed by atoms with Gasteiger partial charge in [0.05, 0.1) is 17.7 Å². The normalized spacial score (nSPS) is 10.8. The third-order valence-corrected chi connectivity index (χ3v) is 5.41. The lowest BCUT2D eigenvalue weighted by Gasteiger charge is -2.11. The van der Waals surface area contributed by atoms with E-state index in [0.717, 1.165) is 11.3 Å². The third-order valence-electron chi connectivity index (χ3n) is 4.55. The van der Waals surface area contributed by atoms with E-state index in [1.807, 2.05) is 47.8 Å². The molecule has 0 unspecified atom stereocenters. The van der Waals surface area contributed by atoms with Gasteiger partial charge >= 0.3 is 0 Å². The van der Waals surface area contributed by atoms with Crippen LogP contribution in [0.1, 0.15) is 15.4 Å². The van der Waals surface area contributed by atoms with Crippen LogP contribution in [0.15, 0.2) is 88.7 Å². The van der Waals surface area contributed by atoms with Gasteiger partial charge in [0.1, 0.15) is 17.3 Å². The number of anilines is 2. The molecule has 4 aromatic rings. The van der Waals surface area contributed by atoms with Gasteiger partial charge in [-0.15, -0.1) is 11.3 Å². The van der Waals surface area contributed by atoms with E-state index in [-0.39, 0.29) is 11.8 Å². The molecule has 32 heavy (non-hydrogen) atoms. The molecule has 2 amide bonds. The van der Waals surface area contributed by atoms with E-state index >= 15 is 0 Å². The van der Waals surface area contributed by atoms with Crippen LogP contribution >= 0.6 is 11.3 Å². The number of furan rings is 1. The Bertz CT molecular complexity index is 1240. The van der Waals surface area contributed by atoms with Gasteiger partial charge in [-0.05, 0) is 41.8 Å². The Balaban J connectivity index is 1.40. The van der Waals surface area contributed by atoms with Crippen molar-refractivity contribution < 1.29 is 18.7 Å². The average molecular weight is 445 g/mol. The SMILES string of the molecule is COc1cc(NC(=O)C=Cc2ccc(-c3ccccc3)o2)ccc1NC(=O)c1cccs1. The fraction of sp³-hybridized carbons (Fsp3) is 0.0400. The molecule has 0 aliphatic rings. The molecule has 7 heteroatoms. The first-order valence-electron chi connectivity index (χ1n) is 9.79. The number of thiophene rings is 1. The van der Waals surface area contributed by atoms with Gasteiger partial charge in [-0.1, -0.05) is 36.4 Å². The third kappa shape index (κ3) is 5.14. The van der Waals surface area contributed by atoms with E-state index in [0.29, 0.717) is 27.8 Å². The first kappa shape index (κ1) is 21.1. The number of methoxy groups -OCH3 is 1. The Labute approximate surface area is 189 Å². The van der Waals surface area contributed by atoms with Gasteiger partial charge in [-0.25, -0.2) is 0 Å². The highest BCUT2D eigenvalue weighted by atomic mass is 32.1. The molecule has 160 valence electrons. The van der Waals surface area contributed by atoms with Gasteiger partial charge in [0.2, 0.25) is 5.91 Å². The van der Waals surface area contributed by atoms with Crippen molar-refractivity contribution in [2.45, 2.75) is 0 Å². The quantitative estimate of drug-likeness (QED) is 0.347. The minimum Gasteiger partial charge on any atom is -0.494 e. The van der Waals surface area contributed by atoms with Crippen molar-refractivity contribution in [1.29, 1.82) is 0 Å². The molecule has 0 saturated heterocycles. The van der Waals surface area contributed by atoms with Crippen molar-refractivity contribution in [2.75, 3.05) is 17.7 Å². The minimum absolute atomic E-state index is 0.216. The highest BCUT2D eigenvalue weighted by molar-refractivity contribution is 7.12. The fourth-order valence-corrected chi connectivity index (χ4v) is 3.62. The summed E-state index contributed by atoms with van der Waals surface area (Å²) in [4.78, 5) is 25.2. The van der Waals surface area contributed by atoms with Crippen molar-refractivity contribution >= 4 is 40.6 Å². The van der Waals surface area contributed by atoms with E-state index in [4.69, 9.17) is 9.15 Å². The fourth-order valence-electron chi connectivity index (χ4n) is 3.01. The molecule has 0 aliphatic heterocycles. The Morgan fingerprint density at radius 2 is 1.81 bits per heavy atom. The van der Waals surface area contributed by atoms with Crippen LogP contribution in [0.2, 0.25) is 0 Å². The van der Waals surface area contributed by atoms with E-state index < -0.39 is 0 Å². The lowest BCUT2D eigenvalue weighted by Crippen LogP contribution is -2.12. The van der Waals surface area contributed by atoms with Gasteiger partial charge in [0, 0.05) is 23.4 Å². The molecule has 0 aliphatic carbocycles. The monoisotopic (exact) mass is 444 g/mol. The van der Waals surface area contributed by atoms with E-state index in [1.165, 1.54) is 24.5 Å². The maximum Gasteiger partial charge on any atom is 0.265 e. The highest BCUT2D eigenvalue weighted by Gasteiger charge is 2.12. The van der Waals surface area contributed by atoms with Crippen LogP contribution in [0, 0.1) is 0 Å². The van der Waals surface area contributed by atoms with Crippen LogP contribution in [-0.2, 0) is 4.79 Å². The summed E-state index contributed by atoms with van der Waals surface area (Å²) in [6.07, 6.45) is 3.00. The molecule has 4 rings (SSSR count). The van der Waals surface area contributed by atoms with Crippen molar-refractivity contribution in [2.24, 2.45) is 0 Å². The Morgan fingerprint density at radius 3 is 2.56 bits per heavy atom. The molecule has 2 aromatic heterocycles. The van der Waals surface area contributed by atoms with E-state index in [2.05, 4.69) is 10.6 Å². The topological polar surface area (TPSA) is 80.6 Å². The predicted octanol–water partition coefficient (Wildman–Crippen LogP) is 5.92. The Morgan fingerprint density at radius 1 is 0.969 bits per heavy atom. The second kappa shape index (κ2) is 9.80. The summed E-state index contributed by atoms with van der Waals surface area (Å²) >= 11 is 1.35. The van der Waals surface area contributed by atoms with Gasteiger partial charge in [-0.2, -0.15) is 0 Å². The van der Waals surface area contributed by atoms with Crippen LogP contribution in [0.5, 0.6) is 5.75 Å². The molecule has 2 aromatic carbocycles. The lowest BCUT2D eigenvalue weighted by molar-refractivity contribution is -0.111. The summed E-state index contributed by atoms with van der Waals surface area (Å²) in [7, 11) is 1.50. The number of hydrogen-bond donors (Lipinski definition) is 2. The smallest absolute Gasteiger partial charge is 0.265 e. The van der Waals surface area contributed by atoms with Gasteiger partial charge < -0.3 is 19.8 Å². The molecular formula is C25H20N2O4S. The molecule has 2 heterocycles. The zero-order chi connectivity index (χ0) is 22.3. The number of carbonyl (C=O) groups is 2. The zero-order valence-corrected chi connectivity index (χ0v) is 18.0. The van der Waals surface area contributed by atoms with Crippen molar-refractivity contribution in [3.05, 3.63) is 94.9 Å². The van der Waals surface area contributed by atoms with E-state index in [9.17, 15) is 9.59 Å². The van der Waals surface area contributed by atoms with Crippen molar-refractivity contribution in [3.63, 3.8) is 0 Å². The first-order valence-corrected chi connectivity index (χ1v) is 10.7. The van der Waals surface area contributed by atoms with E-state index in [1.54, 1.807) is 36.4 Å². The molecule has 0 saturated carbocycles. The Kier molecular flexibility index (Phi) is 6.48. The van der Waals surface area contributed by atoms with Gasteiger partial charge in [-0.3, -0.25) is 9.59 Å². The average Bonchev–Trinajstić information content (AvgIpc) is 3.52. The highest BCUT2D eigenvalue weighted by Crippen LogP contribution is 2.29. The van der Waals surface area contributed by atoms with Crippen LogP contribution < -0.4 is 15.4 Å². The van der Waals surface area contributed by atoms with Gasteiger partial charge in [0.15, 0.2) is 0 Å². The van der Waals surface area contributed by atoms with Crippen molar-refractivity contribution in [1.82, 2.24) is 0 Å². The Hall–Kier alpha value is -4.10. The largest absolute Gasteiger partial charge is 0.494 e. The number of carbonyl (C=O) groups excluding carboxylic acids is 2.